The van der Waals surface area contributed by atoms with Crippen molar-refractivity contribution in [3.8, 4) is 6.07 Å². The van der Waals surface area contributed by atoms with Crippen molar-refractivity contribution >= 4 is 46.2 Å². The Morgan fingerprint density at radius 2 is 1.86 bits per heavy atom. The Kier molecular flexibility index (Phi) is 7.59. The van der Waals surface area contributed by atoms with E-state index in [4.69, 9.17) is 0 Å². The van der Waals surface area contributed by atoms with E-state index in [-0.39, 0.29) is 17.4 Å². The van der Waals surface area contributed by atoms with Crippen molar-refractivity contribution in [2.75, 3.05) is 11.1 Å². The third kappa shape index (κ3) is 5.42. The van der Waals surface area contributed by atoms with Crippen LogP contribution in [0.5, 0.6) is 0 Å². The maximum Gasteiger partial charge on any atom is 0.234 e. The lowest BCUT2D eigenvalue weighted by molar-refractivity contribution is -0.118. The standard InChI is InChI=1S/C27H22FN3O2S2/c1-16-6-3-4-7-21(16)31-26(33)24-17(2)30-27(20(14-29)25(24)23-8-5-13-34-23)35-15-22(32)18-9-11-19(28)12-10-18/h3-13,24-25H,15H2,1-2H3,(H,31,33)/t24?,25-/m0/s1. The summed E-state index contributed by atoms with van der Waals surface area (Å²) < 4.78 is 13.2. The van der Waals surface area contributed by atoms with Crippen LogP contribution in [0.2, 0.25) is 0 Å². The summed E-state index contributed by atoms with van der Waals surface area (Å²) in [6.07, 6.45) is 0. The zero-order valence-electron chi connectivity index (χ0n) is 19.1. The zero-order chi connectivity index (χ0) is 24.9. The van der Waals surface area contributed by atoms with E-state index in [9.17, 15) is 19.2 Å². The van der Waals surface area contributed by atoms with Gasteiger partial charge in [0.05, 0.1) is 23.3 Å². The lowest BCUT2D eigenvalue weighted by Gasteiger charge is -2.30. The maximum absolute atomic E-state index is 13.5. The van der Waals surface area contributed by atoms with Gasteiger partial charge in [0.15, 0.2) is 5.78 Å². The Bertz CT molecular complexity index is 1360. The summed E-state index contributed by atoms with van der Waals surface area (Å²) in [4.78, 5) is 31.6. The van der Waals surface area contributed by atoms with Crippen LogP contribution in [0, 0.1) is 30.0 Å². The fraction of sp³-hybridized carbons (Fsp3) is 0.185. The number of allylic oxidation sites excluding steroid dienone is 1. The van der Waals surface area contributed by atoms with E-state index in [1.807, 2.05) is 48.7 Å². The second kappa shape index (κ2) is 10.8. The summed E-state index contributed by atoms with van der Waals surface area (Å²) in [6, 6.07) is 18.9. The van der Waals surface area contributed by atoms with Gasteiger partial charge < -0.3 is 5.32 Å². The first-order valence-corrected chi connectivity index (χ1v) is 12.8. The second-order valence-electron chi connectivity index (χ2n) is 8.08. The van der Waals surface area contributed by atoms with Crippen molar-refractivity contribution in [2.45, 2.75) is 19.8 Å². The predicted molar refractivity (Wildman–Crippen MR) is 139 cm³/mol. The number of hydrogen-bond donors (Lipinski definition) is 1. The molecule has 1 N–H and O–H groups in total. The summed E-state index contributed by atoms with van der Waals surface area (Å²) in [5.74, 6) is -1.98. The monoisotopic (exact) mass is 503 g/mol. The van der Waals surface area contributed by atoms with E-state index in [1.165, 1.54) is 35.6 Å². The number of para-hydroxylation sites is 1. The molecule has 2 atom stereocenters. The Morgan fingerprint density at radius 3 is 2.51 bits per heavy atom. The quantitative estimate of drug-likeness (QED) is 0.380. The van der Waals surface area contributed by atoms with Crippen LogP contribution in [0.1, 0.15) is 33.6 Å². The Morgan fingerprint density at radius 1 is 1.11 bits per heavy atom. The normalized spacial score (nSPS) is 17.5. The number of aryl methyl sites for hydroxylation is 1. The summed E-state index contributed by atoms with van der Waals surface area (Å²) in [5.41, 5.74) is 2.97. The number of anilines is 1. The van der Waals surface area contributed by atoms with Gasteiger partial charge in [-0.3, -0.25) is 9.59 Å². The second-order valence-corrected chi connectivity index (χ2v) is 10.0. The van der Waals surface area contributed by atoms with Crippen LogP contribution >= 0.6 is 23.1 Å². The molecule has 1 aliphatic rings. The minimum atomic E-state index is -0.667. The molecule has 0 saturated heterocycles. The van der Waals surface area contributed by atoms with Gasteiger partial charge in [-0.2, -0.15) is 5.26 Å². The number of rotatable bonds is 7. The van der Waals surface area contributed by atoms with Crippen molar-refractivity contribution in [1.29, 1.82) is 5.26 Å². The number of aliphatic imine (C=N–C) groups is 1. The Labute approximate surface area is 211 Å². The first-order valence-electron chi connectivity index (χ1n) is 10.9. The van der Waals surface area contributed by atoms with E-state index in [0.29, 0.717) is 27.6 Å². The molecule has 0 fully saturated rings. The van der Waals surface area contributed by atoms with Crippen molar-refractivity contribution in [2.24, 2.45) is 10.9 Å². The lowest BCUT2D eigenvalue weighted by atomic mass is 9.80. The van der Waals surface area contributed by atoms with Crippen LogP contribution in [0.3, 0.4) is 0 Å². The number of amides is 1. The number of thioether (sulfide) groups is 1. The summed E-state index contributed by atoms with van der Waals surface area (Å²) in [6.45, 7) is 3.70. The first kappa shape index (κ1) is 24.6. The fourth-order valence-corrected chi connectivity index (χ4v) is 5.79. The zero-order valence-corrected chi connectivity index (χ0v) is 20.8. The van der Waals surface area contributed by atoms with Crippen molar-refractivity contribution in [3.63, 3.8) is 0 Å². The van der Waals surface area contributed by atoms with Gasteiger partial charge in [-0.1, -0.05) is 36.0 Å². The molecule has 2 heterocycles. The minimum absolute atomic E-state index is 0.0418. The molecule has 8 heteroatoms. The van der Waals surface area contributed by atoms with E-state index in [2.05, 4.69) is 16.4 Å². The van der Waals surface area contributed by atoms with E-state index < -0.39 is 17.7 Å². The summed E-state index contributed by atoms with van der Waals surface area (Å²) in [5, 5.41) is 15.5. The first-order chi connectivity index (χ1) is 16.9. The number of Topliss-reactive ketones (excluding diaryl/α,β-unsaturated/α-hetero) is 1. The number of thiophene rings is 1. The number of hydrogen-bond acceptors (Lipinski definition) is 6. The van der Waals surface area contributed by atoms with Gasteiger partial charge in [0.25, 0.3) is 0 Å². The molecule has 35 heavy (non-hydrogen) atoms. The molecule has 0 radical (unpaired) electrons. The summed E-state index contributed by atoms with van der Waals surface area (Å²) in [7, 11) is 0. The number of carbonyl (C=O) groups is 2. The molecule has 176 valence electrons. The highest BCUT2D eigenvalue weighted by Crippen LogP contribution is 2.43. The largest absolute Gasteiger partial charge is 0.325 e. The number of halogens is 1. The molecule has 1 amide bonds. The van der Waals surface area contributed by atoms with Crippen LogP contribution in [0.15, 0.2) is 81.6 Å². The molecule has 0 aliphatic carbocycles. The van der Waals surface area contributed by atoms with E-state index in [0.717, 1.165) is 22.2 Å². The number of nitriles is 1. The molecule has 1 aromatic heterocycles. The third-order valence-corrected chi connectivity index (χ3v) is 7.71. The molecule has 1 unspecified atom stereocenters. The number of ketones is 1. The van der Waals surface area contributed by atoms with Crippen molar-refractivity contribution in [3.05, 3.63) is 98.5 Å². The van der Waals surface area contributed by atoms with E-state index in [1.54, 1.807) is 6.92 Å². The Hall–Kier alpha value is -3.54. The molecule has 4 rings (SSSR count). The minimum Gasteiger partial charge on any atom is -0.325 e. The average Bonchev–Trinajstić information content (AvgIpc) is 3.38. The smallest absolute Gasteiger partial charge is 0.234 e. The van der Waals surface area contributed by atoms with Crippen LogP contribution in [0.25, 0.3) is 0 Å². The molecule has 5 nitrogen and oxygen atoms in total. The molecular weight excluding hydrogens is 481 g/mol. The van der Waals surface area contributed by atoms with Crippen molar-refractivity contribution < 1.29 is 14.0 Å². The van der Waals surface area contributed by atoms with Crippen LogP contribution in [-0.4, -0.2) is 23.2 Å². The topological polar surface area (TPSA) is 82.3 Å². The average molecular weight is 504 g/mol. The van der Waals surface area contributed by atoms with Crippen LogP contribution in [0.4, 0.5) is 10.1 Å². The summed E-state index contributed by atoms with van der Waals surface area (Å²) >= 11 is 2.64. The van der Waals surface area contributed by atoms with Crippen molar-refractivity contribution in [1.82, 2.24) is 0 Å². The molecule has 2 aromatic carbocycles. The number of benzene rings is 2. The van der Waals surface area contributed by atoms with Gasteiger partial charge in [0, 0.05) is 27.8 Å². The number of nitrogens with one attached hydrogen (secondary N) is 1. The highest BCUT2D eigenvalue weighted by molar-refractivity contribution is 8.03. The number of carbonyl (C=O) groups excluding carboxylic acids is 2. The molecule has 0 saturated carbocycles. The molecule has 0 bridgehead atoms. The highest BCUT2D eigenvalue weighted by atomic mass is 32.2. The van der Waals surface area contributed by atoms with Gasteiger partial charge in [-0.15, -0.1) is 11.3 Å². The fourth-order valence-electron chi connectivity index (χ4n) is 3.95. The van der Waals surface area contributed by atoms with Gasteiger partial charge in [-0.25, -0.2) is 9.38 Å². The van der Waals surface area contributed by atoms with Gasteiger partial charge in [0.1, 0.15) is 10.8 Å². The maximum atomic E-state index is 13.5. The lowest BCUT2D eigenvalue weighted by Crippen LogP contribution is -2.36. The highest BCUT2D eigenvalue weighted by Gasteiger charge is 2.40. The van der Waals surface area contributed by atoms with E-state index >= 15 is 0 Å². The molecule has 1 aliphatic heterocycles. The number of nitrogens with zero attached hydrogens (tertiary/aromatic N) is 2. The van der Waals surface area contributed by atoms with Crippen LogP contribution < -0.4 is 5.32 Å². The van der Waals surface area contributed by atoms with Gasteiger partial charge in [-0.05, 0) is 61.2 Å². The molecule has 3 aromatic rings. The molecular formula is C27H22FN3O2S2. The van der Waals surface area contributed by atoms with Gasteiger partial charge >= 0.3 is 0 Å². The van der Waals surface area contributed by atoms with Crippen LogP contribution in [-0.2, 0) is 4.79 Å². The SMILES string of the molecule is CC1=NC(SCC(=O)c2ccc(F)cc2)=C(C#N)[C@@H](c2cccs2)C1C(=O)Nc1ccccc1C. The Balaban J connectivity index is 1.64. The molecule has 0 spiro atoms. The third-order valence-electron chi connectivity index (χ3n) is 5.76. The predicted octanol–water partition coefficient (Wildman–Crippen LogP) is 6.36. The van der Waals surface area contributed by atoms with Gasteiger partial charge in [0.2, 0.25) is 5.91 Å².